The Morgan fingerprint density at radius 2 is 1.12 bits per heavy atom. The predicted octanol–water partition coefficient (Wildman–Crippen LogP) is 6.28. The molecule has 0 atom stereocenters. The third-order valence-corrected chi connectivity index (χ3v) is 6.07. The zero-order valence-corrected chi connectivity index (χ0v) is 18.4. The third kappa shape index (κ3) is 3.46. The van der Waals surface area contributed by atoms with E-state index in [0.717, 1.165) is 21.5 Å². The molecule has 4 nitrogen and oxygen atoms in total. The number of hydrogen-bond acceptors (Lipinski definition) is 4. The van der Waals surface area contributed by atoms with Crippen LogP contribution in [0.2, 0.25) is 0 Å². The first kappa shape index (κ1) is 21.3. The van der Waals surface area contributed by atoms with E-state index in [0.29, 0.717) is 17.4 Å². The van der Waals surface area contributed by atoms with Crippen molar-refractivity contribution in [1.82, 2.24) is 0 Å². The zero-order chi connectivity index (χ0) is 23.7. The molecule has 0 aliphatic rings. The van der Waals surface area contributed by atoms with Crippen molar-refractivity contribution in [3.63, 3.8) is 0 Å². The monoisotopic (exact) mass is 444 g/mol. The van der Waals surface area contributed by atoms with Gasteiger partial charge in [0.25, 0.3) is 0 Å². The lowest BCUT2D eigenvalue weighted by molar-refractivity contribution is 0.0998. The predicted molar refractivity (Wildman–Crippen MR) is 133 cm³/mol. The Bertz CT molecular complexity index is 1590. The summed E-state index contributed by atoms with van der Waals surface area (Å²) in [6, 6.07) is 29.0. The third-order valence-electron chi connectivity index (χ3n) is 6.07. The number of fused-ring (bicyclic) bond motifs is 2. The molecular weight excluding hydrogens is 424 g/mol. The molecule has 0 saturated carbocycles. The van der Waals surface area contributed by atoms with E-state index < -0.39 is 5.78 Å². The Morgan fingerprint density at radius 3 is 1.65 bits per heavy atom. The molecule has 4 heteroatoms. The van der Waals surface area contributed by atoms with Crippen molar-refractivity contribution in [2.75, 3.05) is 7.11 Å². The highest BCUT2D eigenvalue weighted by Crippen LogP contribution is 2.33. The number of carbonyl (C=O) groups excluding carboxylic acids is 3. The molecule has 0 bridgehead atoms. The Morgan fingerprint density at radius 1 is 0.618 bits per heavy atom. The first-order valence-corrected chi connectivity index (χ1v) is 10.8. The summed E-state index contributed by atoms with van der Waals surface area (Å²) in [6.07, 6.45) is 0.609. The fourth-order valence-corrected chi connectivity index (χ4v) is 4.45. The molecule has 0 heterocycles. The van der Waals surface area contributed by atoms with Gasteiger partial charge in [-0.05, 0) is 33.7 Å². The highest BCUT2D eigenvalue weighted by atomic mass is 16.5. The van der Waals surface area contributed by atoms with Crippen molar-refractivity contribution in [2.45, 2.75) is 0 Å². The second kappa shape index (κ2) is 8.75. The minimum atomic E-state index is -0.401. The molecular formula is C30H20O4. The number of methoxy groups -OCH3 is 1. The summed E-state index contributed by atoms with van der Waals surface area (Å²) < 4.78 is 5.52. The van der Waals surface area contributed by atoms with Crippen molar-refractivity contribution in [2.24, 2.45) is 0 Å². The van der Waals surface area contributed by atoms with E-state index in [2.05, 4.69) is 0 Å². The number of hydrogen-bond donors (Lipinski definition) is 0. The van der Waals surface area contributed by atoms with E-state index >= 15 is 0 Å². The van der Waals surface area contributed by atoms with Crippen molar-refractivity contribution in [1.29, 1.82) is 0 Å². The molecule has 0 aromatic heterocycles. The van der Waals surface area contributed by atoms with Crippen LogP contribution in [0.4, 0.5) is 0 Å². The summed E-state index contributed by atoms with van der Waals surface area (Å²) in [5, 5.41) is 3.31. The summed E-state index contributed by atoms with van der Waals surface area (Å²) in [7, 11) is 1.45. The van der Waals surface area contributed by atoms with Gasteiger partial charge in [-0.25, -0.2) is 0 Å². The molecule has 0 unspecified atom stereocenters. The maximum Gasteiger partial charge on any atom is 0.198 e. The number of carbonyl (C=O) groups is 3. The van der Waals surface area contributed by atoms with E-state index in [9.17, 15) is 14.4 Å². The van der Waals surface area contributed by atoms with Crippen LogP contribution in [0.15, 0.2) is 97.1 Å². The van der Waals surface area contributed by atoms with Crippen molar-refractivity contribution in [3.8, 4) is 5.75 Å². The van der Waals surface area contributed by atoms with Gasteiger partial charge < -0.3 is 4.74 Å². The van der Waals surface area contributed by atoms with Gasteiger partial charge in [0, 0.05) is 22.3 Å². The average molecular weight is 444 g/mol. The molecule has 0 N–H and O–H groups in total. The Kier molecular flexibility index (Phi) is 5.48. The van der Waals surface area contributed by atoms with Crippen LogP contribution in [0.5, 0.6) is 5.75 Å². The van der Waals surface area contributed by atoms with Gasteiger partial charge in [0.05, 0.1) is 12.7 Å². The van der Waals surface area contributed by atoms with Crippen LogP contribution in [-0.4, -0.2) is 25.0 Å². The van der Waals surface area contributed by atoms with Crippen LogP contribution in [0.25, 0.3) is 21.5 Å². The number of benzene rings is 5. The molecule has 34 heavy (non-hydrogen) atoms. The highest BCUT2D eigenvalue weighted by Gasteiger charge is 2.28. The van der Waals surface area contributed by atoms with Crippen LogP contribution in [0.3, 0.4) is 0 Å². The fraction of sp³-hybridized carbons (Fsp3) is 0.0333. The molecule has 5 rings (SSSR count). The second-order valence-corrected chi connectivity index (χ2v) is 7.94. The lowest BCUT2D eigenvalue weighted by Crippen LogP contribution is -2.16. The zero-order valence-electron chi connectivity index (χ0n) is 18.4. The van der Waals surface area contributed by atoms with Gasteiger partial charge in [-0.3, -0.25) is 14.4 Å². The van der Waals surface area contributed by atoms with Gasteiger partial charge in [0.15, 0.2) is 17.9 Å². The quantitative estimate of drug-likeness (QED) is 0.229. The summed E-state index contributed by atoms with van der Waals surface area (Å²) >= 11 is 0. The van der Waals surface area contributed by atoms with Gasteiger partial charge in [0.2, 0.25) is 0 Å². The minimum absolute atomic E-state index is 0.0450. The molecule has 164 valence electrons. The molecule has 0 saturated heterocycles. The maximum absolute atomic E-state index is 14.0. The topological polar surface area (TPSA) is 60.4 Å². The summed E-state index contributed by atoms with van der Waals surface area (Å²) in [4.78, 5) is 40.0. The summed E-state index contributed by atoms with van der Waals surface area (Å²) in [5.41, 5.74) is 1.13. The van der Waals surface area contributed by atoms with Crippen molar-refractivity contribution in [3.05, 3.63) is 125 Å². The fourth-order valence-electron chi connectivity index (χ4n) is 4.45. The van der Waals surface area contributed by atoms with Crippen LogP contribution in [0.1, 0.15) is 42.2 Å². The number of ether oxygens (including phenoxy) is 1. The lowest BCUT2D eigenvalue weighted by Gasteiger charge is -2.16. The van der Waals surface area contributed by atoms with Crippen LogP contribution < -0.4 is 4.74 Å². The summed E-state index contributed by atoms with van der Waals surface area (Å²) in [5.74, 6) is -0.533. The Labute approximate surface area is 196 Å². The molecule has 0 radical (unpaired) electrons. The largest absolute Gasteiger partial charge is 0.496 e. The molecule has 0 aliphatic heterocycles. The SMILES string of the molecule is COc1ccc(C=O)c(C(=O)c2cccc3ccccc23)c1C(=O)c1cccc2ccccc12. The van der Waals surface area contributed by atoms with Gasteiger partial charge in [-0.1, -0.05) is 84.9 Å². The molecule has 5 aromatic rings. The van der Waals surface area contributed by atoms with E-state index in [1.165, 1.54) is 13.2 Å². The van der Waals surface area contributed by atoms with Crippen LogP contribution in [0, 0.1) is 0 Å². The van der Waals surface area contributed by atoms with Gasteiger partial charge in [-0.2, -0.15) is 0 Å². The number of rotatable bonds is 6. The normalized spacial score (nSPS) is 10.9. The number of aldehydes is 1. The Hall–Kier alpha value is -4.57. The Balaban J connectivity index is 1.79. The van der Waals surface area contributed by atoms with Crippen molar-refractivity contribution < 1.29 is 19.1 Å². The second-order valence-electron chi connectivity index (χ2n) is 7.94. The average Bonchev–Trinajstić information content (AvgIpc) is 2.90. The number of ketones is 2. The van der Waals surface area contributed by atoms with Crippen LogP contribution >= 0.6 is 0 Å². The lowest BCUT2D eigenvalue weighted by atomic mass is 9.87. The maximum atomic E-state index is 14.0. The van der Waals surface area contributed by atoms with E-state index in [-0.39, 0.29) is 28.2 Å². The molecule has 0 fully saturated rings. The molecule has 0 amide bonds. The highest BCUT2D eigenvalue weighted by molar-refractivity contribution is 6.27. The van der Waals surface area contributed by atoms with E-state index in [4.69, 9.17) is 4.74 Å². The minimum Gasteiger partial charge on any atom is -0.496 e. The molecule has 0 spiro atoms. The van der Waals surface area contributed by atoms with E-state index in [1.54, 1.807) is 30.3 Å². The molecule has 5 aromatic carbocycles. The van der Waals surface area contributed by atoms with Gasteiger partial charge in [0.1, 0.15) is 5.75 Å². The standard InChI is InChI=1S/C30H20O4/c1-34-26-17-16-21(18-31)27(29(32)24-14-6-10-19-8-2-4-12-22(19)24)28(26)30(33)25-15-7-11-20-9-3-5-13-23(20)25/h2-18H,1H3. The summed E-state index contributed by atoms with van der Waals surface area (Å²) in [6.45, 7) is 0. The van der Waals surface area contributed by atoms with Gasteiger partial charge in [-0.15, -0.1) is 0 Å². The van der Waals surface area contributed by atoms with Gasteiger partial charge >= 0.3 is 0 Å². The smallest absolute Gasteiger partial charge is 0.198 e. The van der Waals surface area contributed by atoms with E-state index in [1.807, 2.05) is 60.7 Å². The first-order valence-electron chi connectivity index (χ1n) is 10.8. The van der Waals surface area contributed by atoms with Crippen LogP contribution in [-0.2, 0) is 0 Å². The first-order chi connectivity index (χ1) is 16.6. The molecule has 0 aliphatic carbocycles. The van der Waals surface area contributed by atoms with Crippen molar-refractivity contribution >= 4 is 39.4 Å².